The molecule has 0 aliphatic carbocycles. The molecule has 102 valence electrons. The standard InChI is InChI=1S/C14H15N5S/c15-14-18-12-11(16-9-17-12)13(19-14)20-8-4-7-10-5-2-1-3-6-10/h1-3,5-6,9,11H,4,7-8H2,(H2,15,16,17,18). The highest BCUT2D eigenvalue weighted by atomic mass is 32.2. The van der Waals surface area contributed by atoms with Gasteiger partial charge >= 0.3 is 0 Å². The average molecular weight is 285 g/mol. The van der Waals surface area contributed by atoms with Crippen LogP contribution in [-0.2, 0) is 6.42 Å². The molecule has 2 heterocycles. The van der Waals surface area contributed by atoms with Crippen molar-refractivity contribution < 1.29 is 0 Å². The van der Waals surface area contributed by atoms with E-state index in [0.29, 0.717) is 5.84 Å². The second-order valence-corrected chi connectivity index (χ2v) is 5.63. The molecule has 1 unspecified atom stereocenters. The van der Waals surface area contributed by atoms with Gasteiger partial charge in [-0.1, -0.05) is 30.3 Å². The van der Waals surface area contributed by atoms with E-state index in [1.807, 2.05) is 6.07 Å². The van der Waals surface area contributed by atoms with E-state index < -0.39 is 0 Å². The third kappa shape index (κ3) is 2.96. The number of nitrogens with zero attached hydrogens (tertiary/aromatic N) is 4. The van der Waals surface area contributed by atoms with Gasteiger partial charge < -0.3 is 5.73 Å². The summed E-state index contributed by atoms with van der Waals surface area (Å²) in [7, 11) is 0. The van der Waals surface area contributed by atoms with Crippen LogP contribution in [0.25, 0.3) is 0 Å². The molecule has 1 aromatic rings. The maximum atomic E-state index is 5.69. The zero-order valence-corrected chi connectivity index (χ0v) is 11.8. The van der Waals surface area contributed by atoms with E-state index in [2.05, 4.69) is 44.2 Å². The Kier molecular flexibility index (Phi) is 3.92. The van der Waals surface area contributed by atoms with E-state index in [-0.39, 0.29) is 12.0 Å². The molecule has 6 heteroatoms. The quantitative estimate of drug-likeness (QED) is 0.858. The number of thioether (sulfide) groups is 1. The van der Waals surface area contributed by atoms with Gasteiger partial charge in [0.05, 0.1) is 0 Å². The third-order valence-corrected chi connectivity index (χ3v) is 4.14. The molecule has 0 aromatic heterocycles. The van der Waals surface area contributed by atoms with Gasteiger partial charge in [0.1, 0.15) is 11.4 Å². The van der Waals surface area contributed by atoms with Crippen molar-refractivity contribution in [2.24, 2.45) is 25.7 Å². The van der Waals surface area contributed by atoms with Crippen LogP contribution in [-0.4, -0.2) is 35.0 Å². The van der Waals surface area contributed by atoms with E-state index in [9.17, 15) is 0 Å². The van der Waals surface area contributed by atoms with E-state index >= 15 is 0 Å². The summed E-state index contributed by atoms with van der Waals surface area (Å²) in [6.45, 7) is 0. The molecule has 0 saturated carbocycles. The molecule has 1 aromatic carbocycles. The van der Waals surface area contributed by atoms with Crippen molar-refractivity contribution >= 4 is 34.9 Å². The van der Waals surface area contributed by atoms with Crippen molar-refractivity contribution in [3.05, 3.63) is 35.9 Å². The van der Waals surface area contributed by atoms with Crippen LogP contribution >= 0.6 is 11.8 Å². The van der Waals surface area contributed by atoms with Gasteiger partial charge in [-0.3, -0.25) is 4.99 Å². The molecular formula is C14H15N5S. The molecule has 0 bridgehead atoms. The zero-order chi connectivity index (χ0) is 13.8. The molecule has 0 fully saturated rings. The van der Waals surface area contributed by atoms with Crippen molar-refractivity contribution in [1.29, 1.82) is 0 Å². The maximum absolute atomic E-state index is 5.69. The van der Waals surface area contributed by atoms with E-state index in [0.717, 1.165) is 23.6 Å². The number of hydrogen-bond acceptors (Lipinski definition) is 6. The van der Waals surface area contributed by atoms with Gasteiger partial charge in [-0.15, -0.1) is 11.8 Å². The van der Waals surface area contributed by atoms with E-state index in [1.54, 1.807) is 11.8 Å². The number of amidine groups is 1. The molecule has 0 saturated heterocycles. The van der Waals surface area contributed by atoms with E-state index in [4.69, 9.17) is 5.73 Å². The highest BCUT2D eigenvalue weighted by Gasteiger charge is 2.28. The number of benzene rings is 1. The second-order valence-electron chi connectivity index (χ2n) is 4.51. The number of hydrogen-bond donors (Lipinski definition) is 1. The average Bonchev–Trinajstić information content (AvgIpc) is 2.92. The van der Waals surface area contributed by atoms with Crippen LogP contribution in [0, 0.1) is 0 Å². The largest absolute Gasteiger partial charge is 0.368 e. The fourth-order valence-electron chi connectivity index (χ4n) is 2.09. The second kappa shape index (κ2) is 6.00. The van der Waals surface area contributed by atoms with Crippen molar-refractivity contribution in [3.63, 3.8) is 0 Å². The van der Waals surface area contributed by atoms with Crippen LogP contribution in [0.15, 0.2) is 50.3 Å². The SMILES string of the molecule is NC1=NC2=NC=NC2C(SCCCc2ccccc2)=N1. The summed E-state index contributed by atoms with van der Waals surface area (Å²) in [6, 6.07) is 10.3. The Morgan fingerprint density at radius 1 is 1.15 bits per heavy atom. The van der Waals surface area contributed by atoms with Crippen molar-refractivity contribution in [1.82, 2.24) is 0 Å². The minimum absolute atomic E-state index is 0.135. The highest BCUT2D eigenvalue weighted by Crippen LogP contribution is 2.20. The lowest BCUT2D eigenvalue weighted by atomic mass is 10.1. The number of nitrogens with two attached hydrogens (primary N) is 1. The molecule has 2 aliphatic heterocycles. The van der Waals surface area contributed by atoms with Gasteiger partial charge in [-0.05, 0) is 24.2 Å². The molecule has 5 nitrogen and oxygen atoms in total. The Labute approximate surface area is 121 Å². The van der Waals surface area contributed by atoms with Gasteiger partial charge in [-0.2, -0.15) is 4.99 Å². The predicted molar refractivity (Wildman–Crippen MR) is 86.0 cm³/mol. The van der Waals surface area contributed by atoms with E-state index in [1.165, 1.54) is 11.9 Å². The van der Waals surface area contributed by atoms with Crippen LogP contribution in [0.3, 0.4) is 0 Å². The minimum atomic E-state index is -0.135. The summed E-state index contributed by atoms with van der Waals surface area (Å²) >= 11 is 1.69. The number of guanidine groups is 1. The molecule has 0 spiro atoms. The molecule has 1 atom stereocenters. The molecule has 3 rings (SSSR count). The first-order chi connectivity index (χ1) is 9.83. The van der Waals surface area contributed by atoms with Gasteiger partial charge in [-0.25, -0.2) is 9.98 Å². The smallest absolute Gasteiger partial charge is 0.222 e. The Morgan fingerprint density at radius 2 is 2.00 bits per heavy atom. The van der Waals surface area contributed by atoms with Crippen LogP contribution in [0.4, 0.5) is 0 Å². The highest BCUT2D eigenvalue weighted by molar-refractivity contribution is 8.14. The summed E-state index contributed by atoms with van der Waals surface area (Å²) in [5, 5.41) is 0.901. The first kappa shape index (κ1) is 13.1. The maximum Gasteiger partial charge on any atom is 0.222 e. The van der Waals surface area contributed by atoms with Crippen molar-refractivity contribution in [2.45, 2.75) is 18.9 Å². The molecular weight excluding hydrogens is 270 g/mol. The fourth-order valence-corrected chi connectivity index (χ4v) is 3.07. The molecule has 20 heavy (non-hydrogen) atoms. The Bertz CT molecular complexity index is 603. The molecule has 0 radical (unpaired) electrons. The summed E-state index contributed by atoms with van der Waals surface area (Å²) in [6.07, 6.45) is 3.69. The third-order valence-electron chi connectivity index (χ3n) is 3.04. The number of fused-ring (bicyclic) bond motifs is 1. The molecule has 2 N–H and O–H groups in total. The monoisotopic (exact) mass is 285 g/mol. The lowest BCUT2D eigenvalue weighted by Crippen LogP contribution is -2.31. The predicted octanol–water partition coefficient (Wildman–Crippen LogP) is 1.89. The minimum Gasteiger partial charge on any atom is -0.368 e. The first-order valence-corrected chi connectivity index (χ1v) is 7.50. The lowest BCUT2D eigenvalue weighted by Gasteiger charge is -2.15. The van der Waals surface area contributed by atoms with Crippen LogP contribution in [0.2, 0.25) is 0 Å². The Balaban J connectivity index is 1.52. The van der Waals surface area contributed by atoms with Crippen LogP contribution < -0.4 is 5.73 Å². The lowest BCUT2D eigenvalue weighted by molar-refractivity contribution is 0.935. The summed E-state index contributed by atoms with van der Waals surface area (Å²) in [5.74, 6) is 1.92. The van der Waals surface area contributed by atoms with Gasteiger partial charge in [0.2, 0.25) is 5.96 Å². The number of aliphatic imine (C=N–C) groups is 4. The van der Waals surface area contributed by atoms with Crippen molar-refractivity contribution in [3.8, 4) is 0 Å². The summed E-state index contributed by atoms with van der Waals surface area (Å²) < 4.78 is 0. The van der Waals surface area contributed by atoms with Gasteiger partial charge in [0.25, 0.3) is 0 Å². The Morgan fingerprint density at radius 3 is 2.85 bits per heavy atom. The van der Waals surface area contributed by atoms with Gasteiger partial charge in [0, 0.05) is 0 Å². The zero-order valence-electron chi connectivity index (χ0n) is 10.9. The summed E-state index contributed by atoms with van der Waals surface area (Å²) in [5.41, 5.74) is 7.05. The number of aryl methyl sites for hydroxylation is 1. The normalized spacial score (nSPS) is 20.2. The van der Waals surface area contributed by atoms with Crippen LogP contribution in [0.1, 0.15) is 12.0 Å². The number of rotatable bonds is 4. The fraction of sp³-hybridized carbons (Fsp3) is 0.286. The van der Waals surface area contributed by atoms with Gasteiger partial charge in [0.15, 0.2) is 11.9 Å². The molecule has 2 aliphatic rings. The van der Waals surface area contributed by atoms with Crippen molar-refractivity contribution in [2.75, 3.05) is 5.75 Å². The topological polar surface area (TPSA) is 75.5 Å². The first-order valence-electron chi connectivity index (χ1n) is 6.52. The summed E-state index contributed by atoms with van der Waals surface area (Å²) in [4.78, 5) is 16.7. The molecule has 0 amide bonds. The van der Waals surface area contributed by atoms with Crippen LogP contribution in [0.5, 0.6) is 0 Å². The Hall–Kier alpha value is -1.95.